The van der Waals surface area contributed by atoms with Gasteiger partial charge in [0.05, 0.1) is 7.11 Å². The average Bonchev–Trinajstić information content (AvgIpc) is 2.97. The predicted octanol–water partition coefficient (Wildman–Crippen LogP) is 3.55. The molecule has 0 aliphatic carbocycles. The molecule has 28 heavy (non-hydrogen) atoms. The van der Waals surface area contributed by atoms with E-state index in [2.05, 4.69) is 9.88 Å². The first-order valence-electron chi connectivity index (χ1n) is 9.16. The minimum Gasteiger partial charge on any atom is -0.497 e. The third kappa shape index (κ3) is 5.02. The second kappa shape index (κ2) is 9.77. The van der Waals surface area contributed by atoms with Crippen molar-refractivity contribution >= 4 is 12.0 Å². The van der Waals surface area contributed by atoms with Crippen LogP contribution >= 0.6 is 0 Å². The van der Waals surface area contributed by atoms with E-state index in [9.17, 15) is 10.1 Å². The Bertz CT molecular complexity index is 889. The highest BCUT2D eigenvalue weighted by Crippen LogP contribution is 2.24. The van der Waals surface area contributed by atoms with Gasteiger partial charge in [0.15, 0.2) is 0 Å². The van der Waals surface area contributed by atoms with Gasteiger partial charge in [0.1, 0.15) is 17.4 Å². The van der Waals surface area contributed by atoms with Gasteiger partial charge in [-0.1, -0.05) is 0 Å². The summed E-state index contributed by atoms with van der Waals surface area (Å²) >= 11 is 0. The molecule has 0 saturated carbocycles. The van der Waals surface area contributed by atoms with E-state index in [1.807, 2.05) is 57.2 Å². The van der Waals surface area contributed by atoms with Crippen molar-refractivity contribution in [1.82, 2.24) is 9.88 Å². The summed E-state index contributed by atoms with van der Waals surface area (Å²) in [6.07, 6.45) is 2.33. The molecule has 148 valence electrons. The Morgan fingerprint density at radius 3 is 2.54 bits per heavy atom. The third-order valence-corrected chi connectivity index (χ3v) is 4.60. The Balaban J connectivity index is 2.29. The van der Waals surface area contributed by atoms with Crippen molar-refractivity contribution in [3.05, 3.63) is 52.9 Å². The molecule has 0 bridgehead atoms. The molecule has 1 aromatic heterocycles. The molecule has 0 spiro atoms. The Labute approximate surface area is 166 Å². The molecule has 2 aromatic rings. The van der Waals surface area contributed by atoms with Crippen LogP contribution in [0.25, 0.3) is 11.8 Å². The molecule has 1 unspecified atom stereocenters. The second-order valence-corrected chi connectivity index (χ2v) is 6.69. The van der Waals surface area contributed by atoms with E-state index in [0.717, 1.165) is 28.4 Å². The number of nitriles is 1. The van der Waals surface area contributed by atoms with Crippen LogP contribution in [0.4, 0.5) is 0 Å². The first-order valence-corrected chi connectivity index (χ1v) is 9.16. The number of hydrogen-bond acceptors (Lipinski definition) is 4. The van der Waals surface area contributed by atoms with Crippen LogP contribution in [0.5, 0.6) is 5.75 Å². The van der Waals surface area contributed by atoms with Crippen LogP contribution in [-0.2, 0) is 9.53 Å². The number of rotatable bonds is 8. The van der Waals surface area contributed by atoms with Crippen LogP contribution in [0.15, 0.2) is 35.9 Å². The molecule has 6 heteroatoms. The minimum absolute atomic E-state index is 0.0732. The van der Waals surface area contributed by atoms with Crippen molar-refractivity contribution in [2.75, 3.05) is 20.8 Å². The Morgan fingerprint density at radius 2 is 1.96 bits per heavy atom. The van der Waals surface area contributed by atoms with Gasteiger partial charge in [-0.05, 0) is 69.2 Å². The zero-order valence-electron chi connectivity index (χ0n) is 17.1. The Kier molecular flexibility index (Phi) is 7.42. The lowest BCUT2D eigenvalue weighted by molar-refractivity contribution is -0.117. The van der Waals surface area contributed by atoms with Crippen LogP contribution in [0.3, 0.4) is 0 Å². The van der Waals surface area contributed by atoms with Crippen molar-refractivity contribution in [2.24, 2.45) is 0 Å². The smallest absolute Gasteiger partial charge is 0.262 e. The number of hydrogen-bond donors (Lipinski definition) is 1. The molecule has 0 aliphatic heterocycles. The number of carbonyl (C=O) groups is 1. The number of benzene rings is 1. The summed E-state index contributed by atoms with van der Waals surface area (Å²) in [7, 11) is 3.25. The maximum atomic E-state index is 12.4. The predicted molar refractivity (Wildman–Crippen MR) is 109 cm³/mol. The lowest BCUT2D eigenvalue weighted by atomic mass is 10.1. The quantitative estimate of drug-likeness (QED) is 0.560. The highest BCUT2D eigenvalue weighted by Gasteiger charge is 2.15. The summed E-state index contributed by atoms with van der Waals surface area (Å²) in [4.78, 5) is 12.4. The van der Waals surface area contributed by atoms with E-state index >= 15 is 0 Å². The zero-order chi connectivity index (χ0) is 20.7. The topological polar surface area (TPSA) is 76.3 Å². The zero-order valence-corrected chi connectivity index (χ0v) is 17.1. The van der Waals surface area contributed by atoms with Gasteiger partial charge in [-0.3, -0.25) is 4.79 Å². The molecular weight excluding hydrogens is 354 g/mol. The van der Waals surface area contributed by atoms with Crippen LogP contribution in [0.1, 0.15) is 30.3 Å². The molecule has 1 amide bonds. The first kappa shape index (κ1) is 21.3. The summed E-state index contributed by atoms with van der Waals surface area (Å²) in [5.41, 5.74) is 3.88. The lowest BCUT2D eigenvalue weighted by Gasteiger charge is -2.13. The maximum Gasteiger partial charge on any atom is 0.262 e. The fourth-order valence-corrected chi connectivity index (χ4v) is 3.03. The number of nitrogens with zero attached hydrogens (tertiary/aromatic N) is 2. The van der Waals surface area contributed by atoms with Crippen molar-refractivity contribution in [2.45, 2.75) is 33.2 Å². The highest BCUT2D eigenvalue weighted by atomic mass is 16.5. The molecule has 1 aromatic carbocycles. The van der Waals surface area contributed by atoms with Gasteiger partial charge in [-0.2, -0.15) is 5.26 Å². The number of aryl methyl sites for hydroxylation is 1. The highest BCUT2D eigenvalue weighted by molar-refractivity contribution is 6.02. The fourth-order valence-electron chi connectivity index (χ4n) is 3.03. The summed E-state index contributed by atoms with van der Waals surface area (Å²) < 4.78 is 12.3. The largest absolute Gasteiger partial charge is 0.497 e. The SMILES string of the molecule is COCCC(C)NC(=O)/C(C#N)=C\c1cc(C)n(-c2ccc(OC)cc2)c1C. The number of carbonyl (C=O) groups excluding carboxylic acids is 1. The molecule has 0 saturated heterocycles. The Morgan fingerprint density at radius 1 is 1.29 bits per heavy atom. The van der Waals surface area contributed by atoms with E-state index in [4.69, 9.17) is 9.47 Å². The van der Waals surface area contributed by atoms with Crippen LogP contribution in [0, 0.1) is 25.2 Å². The minimum atomic E-state index is -0.375. The van der Waals surface area contributed by atoms with Crippen LogP contribution in [0.2, 0.25) is 0 Å². The monoisotopic (exact) mass is 381 g/mol. The van der Waals surface area contributed by atoms with Gasteiger partial charge < -0.3 is 19.4 Å². The molecule has 1 atom stereocenters. The molecule has 1 heterocycles. The lowest BCUT2D eigenvalue weighted by Crippen LogP contribution is -2.34. The van der Waals surface area contributed by atoms with Gasteiger partial charge >= 0.3 is 0 Å². The molecule has 1 N–H and O–H groups in total. The van der Waals surface area contributed by atoms with Crippen LogP contribution < -0.4 is 10.1 Å². The number of amides is 1. The summed E-state index contributed by atoms with van der Waals surface area (Å²) in [5, 5.41) is 12.3. The van der Waals surface area contributed by atoms with Crippen molar-refractivity contribution in [1.29, 1.82) is 5.26 Å². The normalized spacial score (nSPS) is 12.4. The van der Waals surface area contributed by atoms with E-state index < -0.39 is 0 Å². The standard InChI is InChI=1S/C22H27N3O3/c1-15(10-11-27-4)24-22(26)19(14-23)13-18-12-16(2)25(17(18)3)20-6-8-21(28-5)9-7-20/h6-9,12-13,15H,10-11H2,1-5H3,(H,24,26)/b19-13-. The van der Waals surface area contributed by atoms with Gasteiger partial charge in [0.2, 0.25) is 0 Å². The first-order chi connectivity index (χ1) is 13.4. The average molecular weight is 381 g/mol. The molecule has 6 nitrogen and oxygen atoms in total. The van der Waals surface area contributed by atoms with Gasteiger partial charge in [-0.15, -0.1) is 0 Å². The summed E-state index contributed by atoms with van der Waals surface area (Å²) in [6.45, 7) is 6.40. The van der Waals surface area contributed by atoms with E-state index in [1.54, 1.807) is 20.3 Å². The number of aromatic nitrogens is 1. The van der Waals surface area contributed by atoms with Gasteiger partial charge in [0, 0.05) is 36.8 Å². The van der Waals surface area contributed by atoms with E-state index in [0.29, 0.717) is 13.0 Å². The second-order valence-electron chi connectivity index (χ2n) is 6.69. The maximum absolute atomic E-state index is 12.4. The van der Waals surface area contributed by atoms with Crippen LogP contribution in [-0.4, -0.2) is 37.3 Å². The molecule has 0 fully saturated rings. The van der Waals surface area contributed by atoms with E-state index in [1.165, 1.54) is 0 Å². The molecule has 2 rings (SSSR count). The Hall–Kier alpha value is -3.04. The number of ether oxygens (including phenoxy) is 2. The van der Waals surface area contributed by atoms with E-state index in [-0.39, 0.29) is 17.5 Å². The molecule has 0 aliphatic rings. The van der Waals surface area contributed by atoms with Crippen molar-refractivity contribution in [3.63, 3.8) is 0 Å². The van der Waals surface area contributed by atoms with Gasteiger partial charge in [0.25, 0.3) is 5.91 Å². The van der Waals surface area contributed by atoms with Crippen molar-refractivity contribution in [3.8, 4) is 17.5 Å². The summed E-state index contributed by atoms with van der Waals surface area (Å²) in [5.74, 6) is 0.415. The summed E-state index contributed by atoms with van der Waals surface area (Å²) in [6, 6.07) is 11.7. The molecule has 0 radical (unpaired) electrons. The third-order valence-electron chi connectivity index (χ3n) is 4.60. The van der Waals surface area contributed by atoms with Crippen molar-refractivity contribution < 1.29 is 14.3 Å². The molecular formula is C22H27N3O3. The fraction of sp³-hybridized carbons (Fsp3) is 0.364. The number of methoxy groups -OCH3 is 2. The van der Waals surface area contributed by atoms with Gasteiger partial charge in [-0.25, -0.2) is 0 Å². The number of nitrogens with one attached hydrogen (secondary N) is 1.